The van der Waals surface area contributed by atoms with Gasteiger partial charge in [-0.2, -0.15) is 0 Å². The SMILES string of the molecule is CCS(=O)(=O)c1ccc(C(=N)C(C)(NC)C(=O)NC)cc1. The molecule has 116 valence electrons. The Morgan fingerprint density at radius 3 is 2.14 bits per heavy atom. The van der Waals surface area contributed by atoms with Crippen molar-refractivity contribution in [3.05, 3.63) is 29.8 Å². The lowest BCUT2D eigenvalue weighted by Crippen LogP contribution is -2.58. The molecule has 1 amide bonds. The zero-order valence-corrected chi connectivity index (χ0v) is 13.5. The summed E-state index contributed by atoms with van der Waals surface area (Å²) in [6.45, 7) is 3.18. The van der Waals surface area contributed by atoms with Crippen LogP contribution in [0.1, 0.15) is 19.4 Å². The van der Waals surface area contributed by atoms with Gasteiger partial charge in [0.05, 0.1) is 16.4 Å². The van der Waals surface area contributed by atoms with Crippen LogP contribution in [0.2, 0.25) is 0 Å². The molecule has 0 spiro atoms. The maximum absolute atomic E-state index is 11.9. The second-order valence-electron chi connectivity index (χ2n) is 4.76. The van der Waals surface area contributed by atoms with Gasteiger partial charge in [-0.1, -0.05) is 19.1 Å². The van der Waals surface area contributed by atoms with Crippen LogP contribution in [0.4, 0.5) is 0 Å². The first-order valence-corrected chi connectivity index (χ1v) is 8.21. The number of rotatable bonds is 6. The maximum atomic E-state index is 11.9. The van der Waals surface area contributed by atoms with Gasteiger partial charge in [0.15, 0.2) is 9.84 Å². The van der Waals surface area contributed by atoms with E-state index in [1.807, 2.05) is 0 Å². The van der Waals surface area contributed by atoms with Crippen molar-refractivity contribution in [3.8, 4) is 0 Å². The van der Waals surface area contributed by atoms with E-state index in [-0.39, 0.29) is 22.3 Å². The monoisotopic (exact) mass is 311 g/mol. The minimum Gasteiger partial charge on any atom is -0.357 e. The van der Waals surface area contributed by atoms with Crippen molar-refractivity contribution in [2.24, 2.45) is 0 Å². The Labute approximate surface area is 125 Å². The van der Waals surface area contributed by atoms with Gasteiger partial charge in [0.25, 0.3) is 0 Å². The van der Waals surface area contributed by atoms with Crippen LogP contribution < -0.4 is 10.6 Å². The molecule has 21 heavy (non-hydrogen) atoms. The molecule has 0 saturated heterocycles. The van der Waals surface area contributed by atoms with Gasteiger partial charge >= 0.3 is 0 Å². The standard InChI is InChI=1S/C14H21N3O3S/c1-5-21(19,20)11-8-6-10(7-9-11)12(15)14(2,17-4)13(18)16-3/h6-9,15,17H,5H2,1-4H3,(H,16,18). The molecule has 0 heterocycles. The lowest BCUT2D eigenvalue weighted by atomic mass is 9.89. The van der Waals surface area contributed by atoms with Crippen molar-refractivity contribution in [1.29, 1.82) is 5.41 Å². The third kappa shape index (κ3) is 3.30. The molecule has 0 aliphatic rings. The lowest BCUT2D eigenvalue weighted by Gasteiger charge is -2.28. The topological polar surface area (TPSA) is 99.1 Å². The molecule has 0 bridgehead atoms. The Kier molecular flexibility index (Phi) is 5.25. The second-order valence-corrected chi connectivity index (χ2v) is 7.04. The molecule has 0 saturated carbocycles. The van der Waals surface area contributed by atoms with Crippen molar-refractivity contribution < 1.29 is 13.2 Å². The fourth-order valence-corrected chi connectivity index (χ4v) is 2.77. The molecule has 7 heteroatoms. The fourth-order valence-electron chi connectivity index (χ4n) is 1.89. The van der Waals surface area contributed by atoms with E-state index in [0.29, 0.717) is 5.56 Å². The van der Waals surface area contributed by atoms with Crippen LogP contribution >= 0.6 is 0 Å². The van der Waals surface area contributed by atoms with Crippen molar-refractivity contribution in [3.63, 3.8) is 0 Å². The molecule has 3 N–H and O–H groups in total. The Balaban J connectivity index is 3.18. The van der Waals surface area contributed by atoms with Gasteiger partial charge in [0, 0.05) is 7.05 Å². The maximum Gasteiger partial charge on any atom is 0.245 e. The number of hydrogen-bond acceptors (Lipinski definition) is 5. The summed E-state index contributed by atoms with van der Waals surface area (Å²) in [5.41, 5.74) is -0.616. The van der Waals surface area contributed by atoms with Crippen LogP contribution in [0.15, 0.2) is 29.2 Å². The number of benzene rings is 1. The van der Waals surface area contributed by atoms with Crippen LogP contribution in [0.5, 0.6) is 0 Å². The van der Waals surface area contributed by atoms with E-state index in [0.717, 1.165) is 0 Å². The third-order valence-corrected chi connectivity index (χ3v) is 5.31. The Bertz CT molecular complexity index is 638. The van der Waals surface area contributed by atoms with Crippen molar-refractivity contribution in [2.75, 3.05) is 19.8 Å². The van der Waals surface area contributed by atoms with Crippen LogP contribution in [0.25, 0.3) is 0 Å². The highest BCUT2D eigenvalue weighted by Gasteiger charge is 2.36. The van der Waals surface area contributed by atoms with Gasteiger partial charge in [-0.15, -0.1) is 0 Å². The summed E-state index contributed by atoms with van der Waals surface area (Å²) in [4.78, 5) is 12.2. The summed E-state index contributed by atoms with van der Waals surface area (Å²) < 4.78 is 23.5. The molecule has 1 atom stereocenters. The quantitative estimate of drug-likeness (QED) is 0.669. The van der Waals surface area contributed by atoms with Gasteiger partial charge in [-0.25, -0.2) is 8.42 Å². The van der Waals surface area contributed by atoms with Gasteiger partial charge in [-0.05, 0) is 31.7 Å². The molecular weight excluding hydrogens is 290 g/mol. The van der Waals surface area contributed by atoms with Crippen LogP contribution in [0, 0.1) is 5.41 Å². The number of sulfone groups is 1. The molecule has 0 aliphatic heterocycles. The fraction of sp³-hybridized carbons (Fsp3) is 0.429. The van der Waals surface area contributed by atoms with E-state index in [1.54, 1.807) is 33.0 Å². The molecule has 1 unspecified atom stereocenters. The first-order valence-electron chi connectivity index (χ1n) is 6.56. The zero-order valence-electron chi connectivity index (χ0n) is 12.6. The zero-order chi connectivity index (χ0) is 16.3. The number of carbonyl (C=O) groups is 1. The summed E-state index contributed by atoms with van der Waals surface area (Å²) in [6.07, 6.45) is 0. The van der Waals surface area contributed by atoms with Crippen molar-refractivity contribution in [1.82, 2.24) is 10.6 Å². The predicted molar refractivity (Wildman–Crippen MR) is 82.5 cm³/mol. The highest BCUT2D eigenvalue weighted by atomic mass is 32.2. The summed E-state index contributed by atoms with van der Waals surface area (Å²) in [5.74, 6) is -0.309. The molecule has 1 aromatic rings. The summed E-state index contributed by atoms with van der Waals surface area (Å²) >= 11 is 0. The summed E-state index contributed by atoms with van der Waals surface area (Å²) in [7, 11) is -0.169. The average Bonchev–Trinajstić information content (AvgIpc) is 2.52. The number of carbonyl (C=O) groups excluding carboxylic acids is 1. The molecule has 0 radical (unpaired) electrons. The van der Waals surface area contributed by atoms with Gasteiger partial charge in [-0.3, -0.25) is 4.79 Å². The Morgan fingerprint density at radius 1 is 1.24 bits per heavy atom. The van der Waals surface area contributed by atoms with E-state index >= 15 is 0 Å². The van der Waals surface area contributed by atoms with Crippen LogP contribution in [-0.4, -0.2) is 45.4 Å². The number of likely N-dealkylation sites (N-methyl/N-ethyl adjacent to an activating group) is 2. The van der Waals surface area contributed by atoms with Gasteiger partial charge < -0.3 is 16.0 Å². The van der Waals surface area contributed by atoms with Crippen LogP contribution in [-0.2, 0) is 14.6 Å². The number of hydrogen-bond donors (Lipinski definition) is 3. The molecule has 1 rings (SSSR count). The predicted octanol–water partition coefficient (Wildman–Crippen LogP) is 0.572. The van der Waals surface area contributed by atoms with E-state index in [4.69, 9.17) is 5.41 Å². The largest absolute Gasteiger partial charge is 0.357 e. The highest BCUT2D eigenvalue weighted by molar-refractivity contribution is 7.91. The second kappa shape index (κ2) is 6.36. The first-order chi connectivity index (χ1) is 9.72. The molecule has 0 fully saturated rings. The minimum atomic E-state index is -3.27. The molecule has 0 aliphatic carbocycles. The smallest absolute Gasteiger partial charge is 0.245 e. The summed E-state index contributed by atoms with van der Waals surface area (Å²) in [6, 6.07) is 6.01. The van der Waals surface area contributed by atoms with Crippen molar-refractivity contribution in [2.45, 2.75) is 24.3 Å². The summed E-state index contributed by atoms with van der Waals surface area (Å²) in [5, 5.41) is 13.6. The normalized spacial score (nSPS) is 14.3. The van der Waals surface area contributed by atoms with Gasteiger partial charge in [0.1, 0.15) is 5.54 Å². The molecule has 1 aromatic carbocycles. The third-order valence-electron chi connectivity index (χ3n) is 3.56. The van der Waals surface area contributed by atoms with E-state index in [1.165, 1.54) is 19.2 Å². The number of nitrogens with one attached hydrogen (secondary N) is 3. The van der Waals surface area contributed by atoms with E-state index < -0.39 is 15.4 Å². The van der Waals surface area contributed by atoms with Gasteiger partial charge in [0.2, 0.25) is 5.91 Å². The molecular formula is C14H21N3O3S. The number of amides is 1. The Hall–Kier alpha value is -1.73. The Morgan fingerprint density at radius 2 is 1.76 bits per heavy atom. The average molecular weight is 311 g/mol. The van der Waals surface area contributed by atoms with Crippen molar-refractivity contribution >= 4 is 21.5 Å². The molecule has 6 nitrogen and oxygen atoms in total. The van der Waals surface area contributed by atoms with E-state index in [9.17, 15) is 13.2 Å². The minimum absolute atomic E-state index is 0.0241. The lowest BCUT2D eigenvalue weighted by molar-refractivity contribution is -0.123. The molecule has 0 aromatic heterocycles. The van der Waals surface area contributed by atoms with Crippen LogP contribution in [0.3, 0.4) is 0 Å². The van der Waals surface area contributed by atoms with E-state index in [2.05, 4.69) is 10.6 Å². The first kappa shape index (κ1) is 17.3. The highest BCUT2D eigenvalue weighted by Crippen LogP contribution is 2.17.